The third-order valence-electron chi connectivity index (χ3n) is 8.39. The minimum atomic E-state index is -0.712. The number of thioether (sulfide) groups is 2. The topological polar surface area (TPSA) is 56.3 Å². The van der Waals surface area contributed by atoms with Crippen LogP contribution in [0.1, 0.15) is 49.5 Å². The van der Waals surface area contributed by atoms with Crippen LogP contribution in [0.15, 0.2) is 66.4 Å². The van der Waals surface area contributed by atoms with E-state index in [0.29, 0.717) is 19.4 Å². The van der Waals surface area contributed by atoms with Gasteiger partial charge in [-0.3, -0.25) is 9.69 Å². The maximum Gasteiger partial charge on any atom is 0.183 e. The van der Waals surface area contributed by atoms with E-state index >= 15 is 0 Å². The second kappa shape index (κ2) is 14.7. The van der Waals surface area contributed by atoms with Crippen LogP contribution >= 0.6 is 35.7 Å². The van der Waals surface area contributed by atoms with Gasteiger partial charge >= 0.3 is 0 Å². The molecule has 0 bridgehead atoms. The van der Waals surface area contributed by atoms with Gasteiger partial charge in [0.25, 0.3) is 0 Å². The maximum absolute atomic E-state index is 13.9. The van der Waals surface area contributed by atoms with Crippen LogP contribution in [0.4, 0.5) is 5.69 Å². The summed E-state index contributed by atoms with van der Waals surface area (Å²) in [7, 11) is 4.03. The lowest BCUT2D eigenvalue weighted by atomic mass is 9.80. The van der Waals surface area contributed by atoms with E-state index in [2.05, 4.69) is 58.9 Å². The number of aliphatic hydroxyl groups excluding tert-OH is 1. The Hall–Kier alpha value is -1.88. The lowest BCUT2D eigenvalue weighted by Crippen LogP contribution is -2.52. The molecule has 1 saturated heterocycles. The molecule has 2 aromatic rings. The Morgan fingerprint density at radius 1 is 1.07 bits per heavy atom. The van der Waals surface area contributed by atoms with Gasteiger partial charge in [0.15, 0.2) is 12.1 Å². The molecule has 0 saturated carbocycles. The van der Waals surface area contributed by atoms with E-state index in [1.807, 2.05) is 51.4 Å². The summed E-state index contributed by atoms with van der Waals surface area (Å²) >= 11 is 8.97. The summed E-state index contributed by atoms with van der Waals surface area (Å²) in [5.41, 5.74) is 3.89. The van der Waals surface area contributed by atoms with Crippen molar-refractivity contribution in [1.29, 1.82) is 0 Å². The zero-order valence-electron chi connectivity index (χ0n) is 25.5. The molecule has 1 fully saturated rings. The summed E-state index contributed by atoms with van der Waals surface area (Å²) in [6.45, 7) is 10.5. The number of ketones is 1. The Bertz CT molecular complexity index is 1230. The number of nitrogens with zero attached hydrogens (tertiary/aromatic N) is 3. The number of likely N-dealkylation sites (N-methyl/N-ethyl adjacent to an activating group) is 1. The van der Waals surface area contributed by atoms with Crippen molar-refractivity contribution in [1.82, 2.24) is 9.80 Å². The Labute approximate surface area is 265 Å². The van der Waals surface area contributed by atoms with Gasteiger partial charge in [0.1, 0.15) is 3.53 Å². The smallest absolute Gasteiger partial charge is 0.183 e. The minimum absolute atomic E-state index is 0.0369. The van der Waals surface area contributed by atoms with Gasteiger partial charge in [-0.1, -0.05) is 61.2 Å². The van der Waals surface area contributed by atoms with Crippen LogP contribution in [0.25, 0.3) is 0 Å². The van der Waals surface area contributed by atoms with E-state index in [1.54, 1.807) is 23.5 Å². The minimum Gasteiger partial charge on any atom is -0.370 e. The van der Waals surface area contributed by atoms with Crippen molar-refractivity contribution in [2.24, 2.45) is 0 Å². The fourth-order valence-electron chi connectivity index (χ4n) is 5.71. The van der Waals surface area contributed by atoms with E-state index in [0.717, 1.165) is 53.1 Å². The predicted molar refractivity (Wildman–Crippen MR) is 183 cm³/mol. The van der Waals surface area contributed by atoms with E-state index in [1.165, 1.54) is 11.3 Å². The first-order chi connectivity index (χ1) is 20.1. The molecule has 42 heavy (non-hydrogen) atoms. The van der Waals surface area contributed by atoms with Gasteiger partial charge in [0, 0.05) is 61.9 Å². The molecule has 3 unspecified atom stereocenters. The normalized spacial score (nSPS) is 20.7. The first kappa shape index (κ1) is 33.0. The lowest BCUT2D eigenvalue weighted by Gasteiger charge is -2.39. The SMILES string of the molecule is CCOC(O)CCSC(=S)SC1(C)C=C1N1CCN(c2ccc(C(=O)C(CC)(Cc3ccccc3)N(C)C)cc2)CC1. The van der Waals surface area contributed by atoms with Gasteiger partial charge in [-0.05, 0) is 76.7 Å². The average Bonchev–Trinajstić information content (AvgIpc) is 3.66. The number of carbonyl (C=O) groups is 1. The van der Waals surface area contributed by atoms with E-state index in [4.69, 9.17) is 17.0 Å². The number of Topliss-reactive ketones (excluding diaryl/α,β-unsaturated/α-hetero) is 1. The molecule has 1 aliphatic carbocycles. The predicted octanol–water partition coefficient (Wildman–Crippen LogP) is 6.10. The maximum atomic E-state index is 13.9. The number of anilines is 1. The van der Waals surface area contributed by atoms with Crippen molar-refractivity contribution in [2.45, 2.75) is 56.6 Å². The molecule has 0 spiro atoms. The number of rotatable bonds is 14. The molecule has 1 heterocycles. The third kappa shape index (κ3) is 7.98. The van der Waals surface area contributed by atoms with E-state index < -0.39 is 11.8 Å². The molecule has 0 amide bonds. The van der Waals surface area contributed by atoms with Crippen LogP contribution in [-0.2, 0) is 11.2 Å². The number of carbonyl (C=O) groups excluding carboxylic acids is 1. The molecule has 228 valence electrons. The number of ether oxygens (including phenoxy) is 1. The van der Waals surface area contributed by atoms with Crippen molar-refractivity contribution in [2.75, 3.05) is 57.5 Å². The summed E-state index contributed by atoms with van der Waals surface area (Å²) in [6, 6.07) is 18.5. The standard InChI is InChI=1S/C33H45N3O3S3/c1-6-33(34(4)5,23-25-11-9-8-10-12-25)30(38)26-13-15-27(16-14-26)35-18-20-36(21-19-35)28-24-32(28,3)42-31(40)41-22-17-29(37)39-7-2/h8-16,24,29,37H,6-7,17-23H2,1-5H3. The van der Waals surface area contributed by atoms with Gasteiger partial charge in [0.2, 0.25) is 0 Å². The van der Waals surface area contributed by atoms with Crippen molar-refractivity contribution in [3.63, 3.8) is 0 Å². The van der Waals surface area contributed by atoms with Crippen molar-refractivity contribution in [3.05, 3.63) is 77.5 Å². The highest BCUT2D eigenvalue weighted by Gasteiger charge is 2.45. The first-order valence-corrected chi connectivity index (χ1v) is 17.1. The van der Waals surface area contributed by atoms with Crippen LogP contribution < -0.4 is 4.90 Å². The Morgan fingerprint density at radius 2 is 1.71 bits per heavy atom. The summed E-state index contributed by atoms with van der Waals surface area (Å²) in [4.78, 5) is 20.9. The van der Waals surface area contributed by atoms with Crippen molar-refractivity contribution in [3.8, 4) is 0 Å². The molecule has 0 aromatic heterocycles. The highest BCUT2D eigenvalue weighted by Crippen LogP contribution is 2.50. The molecule has 1 aliphatic heterocycles. The summed E-state index contributed by atoms with van der Waals surface area (Å²) in [5, 5.41) is 9.75. The Balaban J connectivity index is 1.29. The van der Waals surface area contributed by atoms with Crippen molar-refractivity contribution < 1.29 is 14.6 Å². The highest BCUT2D eigenvalue weighted by atomic mass is 32.2. The second-order valence-corrected chi connectivity index (χ2v) is 15.1. The van der Waals surface area contributed by atoms with Gasteiger partial charge in [0.05, 0.1) is 10.3 Å². The highest BCUT2D eigenvalue weighted by molar-refractivity contribution is 8.47. The van der Waals surface area contributed by atoms with Gasteiger partial charge < -0.3 is 19.6 Å². The van der Waals surface area contributed by atoms with Crippen molar-refractivity contribution >= 4 is 50.7 Å². The molecule has 1 N–H and O–H groups in total. The quantitative estimate of drug-likeness (QED) is 0.152. The number of hydrogen-bond acceptors (Lipinski definition) is 9. The van der Waals surface area contributed by atoms with Gasteiger partial charge in [-0.15, -0.1) is 11.8 Å². The molecule has 9 heteroatoms. The molecule has 0 radical (unpaired) electrons. The monoisotopic (exact) mass is 627 g/mol. The summed E-state index contributed by atoms with van der Waals surface area (Å²) in [6.07, 6.45) is 3.61. The molecule has 6 nitrogen and oxygen atoms in total. The number of aliphatic hydroxyl groups is 1. The third-order valence-corrected chi connectivity index (χ3v) is 11.2. The number of piperazine rings is 1. The van der Waals surface area contributed by atoms with E-state index in [-0.39, 0.29) is 10.5 Å². The molecule has 4 rings (SSSR count). The van der Waals surface area contributed by atoms with Gasteiger partial charge in [-0.25, -0.2) is 0 Å². The van der Waals surface area contributed by atoms with Crippen LogP contribution in [-0.4, -0.2) is 93.4 Å². The zero-order chi connectivity index (χ0) is 30.3. The fourth-order valence-corrected chi connectivity index (χ4v) is 8.72. The van der Waals surface area contributed by atoms with Crippen LogP contribution in [0.2, 0.25) is 0 Å². The number of benzene rings is 2. The summed E-state index contributed by atoms with van der Waals surface area (Å²) < 4.78 is 6.06. The summed E-state index contributed by atoms with van der Waals surface area (Å²) in [5.74, 6) is 0.928. The van der Waals surface area contributed by atoms with Crippen LogP contribution in [0, 0.1) is 0 Å². The largest absolute Gasteiger partial charge is 0.370 e. The molecule has 3 atom stereocenters. The average molecular weight is 628 g/mol. The zero-order valence-corrected chi connectivity index (χ0v) is 28.0. The number of thiocarbonyl (C=S) groups is 1. The first-order valence-electron chi connectivity index (χ1n) is 14.9. The number of hydrogen-bond donors (Lipinski definition) is 1. The molecule has 2 aliphatic rings. The van der Waals surface area contributed by atoms with Crippen LogP contribution in [0.5, 0.6) is 0 Å². The van der Waals surface area contributed by atoms with Gasteiger partial charge in [-0.2, -0.15) is 0 Å². The fraction of sp³-hybridized carbons (Fsp3) is 0.515. The lowest BCUT2D eigenvalue weighted by molar-refractivity contribution is -0.0946. The van der Waals surface area contributed by atoms with E-state index in [9.17, 15) is 9.90 Å². The van der Waals surface area contributed by atoms with Crippen LogP contribution in [0.3, 0.4) is 0 Å². The Kier molecular flexibility index (Phi) is 11.6. The molecular formula is C33H45N3O3S3. The molecular weight excluding hydrogens is 583 g/mol. The second-order valence-electron chi connectivity index (χ2n) is 11.3. The molecule has 2 aromatic carbocycles. The Morgan fingerprint density at radius 3 is 2.31 bits per heavy atom.